The first-order valence-electron chi connectivity index (χ1n) is 5.09. The molecule has 1 amide bonds. The van der Waals surface area contributed by atoms with E-state index in [1.165, 1.54) is 7.11 Å². The molecule has 0 bridgehead atoms. The standard InChI is InChI=1S/C12H13NO3/c1-15-12(14)13-7-6-10-8-9-4-2-3-5-11(9)16-10/h2-5,8H,6-7H2,1H3,(H,13,14). The monoisotopic (exact) mass is 219 g/mol. The van der Waals surface area contributed by atoms with E-state index in [0.29, 0.717) is 13.0 Å². The lowest BCUT2D eigenvalue weighted by molar-refractivity contribution is 0.171. The van der Waals surface area contributed by atoms with Gasteiger partial charge in [-0.2, -0.15) is 0 Å². The van der Waals surface area contributed by atoms with Crippen molar-refractivity contribution < 1.29 is 13.9 Å². The first-order valence-corrected chi connectivity index (χ1v) is 5.09. The van der Waals surface area contributed by atoms with Gasteiger partial charge in [-0.05, 0) is 12.1 Å². The summed E-state index contributed by atoms with van der Waals surface area (Å²) in [7, 11) is 1.34. The Bertz CT molecular complexity index is 457. The van der Waals surface area contributed by atoms with Gasteiger partial charge in [0.1, 0.15) is 11.3 Å². The van der Waals surface area contributed by atoms with Gasteiger partial charge in [0.2, 0.25) is 0 Å². The Morgan fingerprint density at radius 2 is 2.25 bits per heavy atom. The van der Waals surface area contributed by atoms with Crippen molar-refractivity contribution in [2.45, 2.75) is 6.42 Å². The number of ether oxygens (including phenoxy) is 1. The molecule has 0 aliphatic rings. The Hall–Kier alpha value is -1.97. The van der Waals surface area contributed by atoms with Crippen LogP contribution in [0.2, 0.25) is 0 Å². The van der Waals surface area contributed by atoms with Crippen molar-refractivity contribution in [1.29, 1.82) is 0 Å². The van der Waals surface area contributed by atoms with Crippen LogP contribution in [-0.4, -0.2) is 19.7 Å². The van der Waals surface area contributed by atoms with Crippen molar-refractivity contribution in [3.8, 4) is 0 Å². The second-order valence-corrected chi connectivity index (χ2v) is 3.42. The van der Waals surface area contributed by atoms with Crippen LogP contribution in [0.4, 0.5) is 4.79 Å². The largest absolute Gasteiger partial charge is 0.461 e. The third kappa shape index (κ3) is 2.34. The molecule has 4 heteroatoms. The van der Waals surface area contributed by atoms with Gasteiger partial charge in [0.25, 0.3) is 0 Å². The van der Waals surface area contributed by atoms with Crippen molar-refractivity contribution in [2.75, 3.05) is 13.7 Å². The maximum absolute atomic E-state index is 10.8. The van der Waals surface area contributed by atoms with E-state index in [0.717, 1.165) is 16.7 Å². The maximum Gasteiger partial charge on any atom is 0.406 e. The Balaban J connectivity index is 1.97. The number of hydrogen-bond donors (Lipinski definition) is 1. The fourth-order valence-corrected chi connectivity index (χ4v) is 1.52. The van der Waals surface area contributed by atoms with Crippen molar-refractivity contribution in [3.05, 3.63) is 36.1 Å². The van der Waals surface area contributed by atoms with E-state index in [-0.39, 0.29) is 0 Å². The third-order valence-corrected chi connectivity index (χ3v) is 2.30. The van der Waals surface area contributed by atoms with Crippen molar-refractivity contribution >= 4 is 17.1 Å². The first kappa shape index (κ1) is 10.5. The number of methoxy groups -OCH3 is 1. The predicted molar refractivity (Wildman–Crippen MR) is 60.3 cm³/mol. The average Bonchev–Trinajstić information content (AvgIpc) is 2.71. The topological polar surface area (TPSA) is 51.5 Å². The molecule has 1 aromatic heterocycles. The van der Waals surface area contributed by atoms with E-state index < -0.39 is 6.09 Å². The van der Waals surface area contributed by atoms with Gasteiger partial charge >= 0.3 is 6.09 Å². The van der Waals surface area contributed by atoms with Crippen LogP contribution in [-0.2, 0) is 11.2 Å². The SMILES string of the molecule is COC(=O)NCCc1cc2ccccc2o1. The molecule has 1 N–H and O–H groups in total. The zero-order valence-electron chi connectivity index (χ0n) is 9.03. The zero-order valence-corrected chi connectivity index (χ0v) is 9.03. The molecule has 0 saturated carbocycles. The van der Waals surface area contributed by atoms with E-state index in [1.54, 1.807) is 0 Å². The highest BCUT2D eigenvalue weighted by molar-refractivity contribution is 5.77. The molecule has 1 aromatic carbocycles. The molecule has 0 aliphatic carbocycles. The lowest BCUT2D eigenvalue weighted by Crippen LogP contribution is -2.25. The Morgan fingerprint density at radius 1 is 1.44 bits per heavy atom. The van der Waals surface area contributed by atoms with Gasteiger partial charge in [-0.3, -0.25) is 0 Å². The molecule has 4 nitrogen and oxygen atoms in total. The van der Waals surface area contributed by atoms with Crippen molar-refractivity contribution in [3.63, 3.8) is 0 Å². The van der Waals surface area contributed by atoms with E-state index in [4.69, 9.17) is 4.42 Å². The van der Waals surface area contributed by atoms with Gasteiger partial charge < -0.3 is 14.5 Å². The second kappa shape index (κ2) is 4.70. The molecule has 0 aliphatic heterocycles. The third-order valence-electron chi connectivity index (χ3n) is 2.30. The summed E-state index contributed by atoms with van der Waals surface area (Å²) < 4.78 is 10.1. The number of para-hydroxylation sites is 1. The number of benzene rings is 1. The van der Waals surface area contributed by atoms with Gasteiger partial charge in [-0.15, -0.1) is 0 Å². The molecule has 1 heterocycles. The molecular weight excluding hydrogens is 206 g/mol. The van der Waals surface area contributed by atoms with E-state index in [9.17, 15) is 4.79 Å². The van der Waals surface area contributed by atoms with Crippen LogP contribution in [0.1, 0.15) is 5.76 Å². The molecule has 0 radical (unpaired) electrons. The van der Waals surface area contributed by atoms with Gasteiger partial charge in [-0.25, -0.2) is 4.79 Å². The number of amides is 1. The number of carbonyl (C=O) groups excluding carboxylic acids is 1. The number of hydrogen-bond acceptors (Lipinski definition) is 3. The summed E-state index contributed by atoms with van der Waals surface area (Å²) in [6, 6.07) is 9.80. The Kier molecular flexibility index (Phi) is 3.10. The zero-order chi connectivity index (χ0) is 11.4. The number of alkyl carbamates (subject to hydrolysis) is 1. The molecule has 2 aromatic rings. The van der Waals surface area contributed by atoms with Crippen LogP contribution in [0, 0.1) is 0 Å². The van der Waals surface area contributed by atoms with Crippen molar-refractivity contribution in [2.24, 2.45) is 0 Å². The molecule has 0 spiro atoms. The van der Waals surface area contributed by atoms with Gasteiger partial charge in [0, 0.05) is 18.4 Å². The lowest BCUT2D eigenvalue weighted by Gasteiger charge is -2.00. The minimum atomic E-state index is -0.420. The quantitative estimate of drug-likeness (QED) is 0.861. The number of carbonyl (C=O) groups is 1. The Labute approximate surface area is 93.2 Å². The summed E-state index contributed by atoms with van der Waals surface area (Å²) in [6.45, 7) is 0.506. The molecule has 0 saturated heterocycles. The van der Waals surface area contributed by atoms with E-state index >= 15 is 0 Å². The van der Waals surface area contributed by atoms with Crippen LogP contribution >= 0.6 is 0 Å². The summed E-state index contributed by atoms with van der Waals surface area (Å²) in [4.78, 5) is 10.8. The highest BCUT2D eigenvalue weighted by Gasteiger charge is 2.03. The molecule has 0 fully saturated rings. The summed E-state index contributed by atoms with van der Waals surface area (Å²) in [5.41, 5.74) is 0.871. The number of fused-ring (bicyclic) bond motifs is 1. The molecule has 0 atom stereocenters. The Morgan fingerprint density at radius 3 is 3.00 bits per heavy atom. The van der Waals surface area contributed by atoms with Crippen LogP contribution < -0.4 is 5.32 Å². The van der Waals surface area contributed by atoms with Gasteiger partial charge in [0.15, 0.2) is 0 Å². The normalized spacial score (nSPS) is 10.3. The van der Waals surface area contributed by atoms with Crippen LogP contribution in [0.3, 0.4) is 0 Å². The minimum absolute atomic E-state index is 0.420. The molecular formula is C12H13NO3. The number of nitrogens with one attached hydrogen (secondary N) is 1. The molecule has 0 unspecified atom stereocenters. The highest BCUT2D eigenvalue weighted by atomic mass is 16.5. The summed E-state index contributed by atoms with van der Waals surface area (Å²) >= 11 is 0. The number of rotatable bonds is 3. The van der Waals surface area contributed by atoms with E-state index in [2.05, 4.69) is 10.1 Å². The molecule has 16 heavy (non-hydrogen) atoms. The fraction of sp³-hybridized carbons (Fsp3) is 0.250. The average molecular weight is 219 g/mol. The second-order valence-electron chi connectivity index (χ2n) is 3.42. The molecule has 2 rings (SSSR count). The molecule has 84 valence electrons. The smallest absolute Gasteiger partial charge is 0.406 e. The lowest BCUT2D eigenvalue weighted by atomic mass is 10.2. The van der Waals surface area contributed by atoms with Crippen LogP contribution in [0.5, 0.6) is 0 Å². The predicted octanol–water partition coefficient (Wildman–Crippen LogP) is 2.33. The minimum Gasteiger partial charge on any atom is -0.461 e. The van der Waals surface area contributed by atoms with Crippen LogP contribution in [0.25, 0.3) is 11.0 Å². The summed E-state index contributed by atoms with van der Waals surface area (Å²) in [6.07, 6.45) is 0.236. The number of furan rings is 1. The highest BCUT2D eigenvalue weighted by Crippen LogP contribution is 2.18. The van der Waals surface area contributed by atoms with Gasteiger partial charge in [-0.1, -0.05) is 18.2 Å². The summed E-state index contributed by atoms with van der Waals surface area (Å²) in [5, 5.41) is 3.68. The van der Waals surface area contributed by atoms with Crippen LogP contribution in [0.15, 0.2) is 34.7 Å². The summed E-state index contributed by atoms with van der Waals surface area (Å²) in [5.74, 6) is 0.859. The van der Waals surface area contributed by atoms with Gasteiger partial charge in [0.05, 0.1) is 7.11 Å². The van der Waals surface area contributed by atoms with E-state index in [1.807, 2.05) is 30.3 Å². The fourth-order valence-electron chi connectivity index (χ4n) is 1.52. The van der Waals surface area contributed by atoms with Crippen molar-refractivity contribution in [1.82, 2.24) is 5.32 Å². The first-order chi connectivity index (χ1) is 7.79. The maximum atomic E-state index is 10.8.